The van der Waals surface area contributed by atoms with E-state index in [1.54, 1.807) is 36.4 Å². The summed E-state index contributed by atoms with van der Waals surface area (Å²) in [6.07, 6.45) is 3.97. The lowest BCUT2D eigenvalue weighted by Crippen LogP contribution is -2.48. The zero-order chi connectivity index (χ0) is 19.1. The van der Waals surface area contributed by atoms with Crippen molar-refractivity contribution in [1.82, 2.24) is 15.2 Å². The van der Waals surface area contributed by atoms with Crippen molar-refractivity contribution in [3.05, 3.63) is 48.2 Å². The smallest absolute Gasteiger partial charge is 0.289 e. The van der Waals surface area contributed by atoms with Gasteiger partial charge in [-0.25, -0.2) is 4.98 Å². The highest BCUT2D eigenvalue weighted by molar-refractivity contribution is 5.92. The topological polar surface area (TPSA) is 87.9 Å². The molecule has 1 N–H and O–H groups in total. The van der Waals surface area contributed by atoms with Crippen molar-refractivity contribution in [3.63, 3.8) is 0 Å². The van der Waals surface area contributed by atoms with Crippen LogP contribution in [0.4, 0.5) is 5.69 Å². The molecular formula is C19H24N4O4. The highest BCUT2D eigenvalue weighted by Gasteiger charge is 2.24. The van der Waals surface area contributed by atoms with Gasteiger partial charge in [0.1, 0.15) is 5.69 Å². The minimum Gasteiger partial charge on any atom is -0.459 e. The third-order valence-electron chi connectivity index (χ3n) is 4.46. The van der Waals surface area contributed by atoms with Crippen molar-refractivity contribution in [2.24, 2.45) is 0 Å². The first-order chi connectivity index (χ1) is 13.2. The lowest BCUT2D eigenvalue weighted by molar-refractivity contribution is 0.0714. The van der Waals surface area contributed by atoms with Crippen molar-refractivity contribution < 1.29 is 18.7 Å². The van der Waals surface area contributed by atoms with Crippen molar-refractivity contribution in [1.29, 1.82) is 0 Å². The van der Waals surface area contributed by atoms with Gasteiger partial charge in [0, 0.05) is 46.4 Å². The first-order valence-electron chi connectivity index (χ1n) is 9.00. The predicted molar refractivity (Wildman–Crippen MR) is 99.9 cm³/mol. The predicted octanol–water partition coefficient (Wildman–Crippen LogP) is 1.40. The third-order valence-corrected chi connectivity index (χ3v) is 4.46. The maximum Gasteiger partial charge on any atom is 0.289 e. The van der Waals surface area contributed by atoms with Crippen LogP contribution in [0, 0.1) is 0 Å². The van der Waals surface area contributed by atoms with Gasteiger partial charge in [-0.3, -0.25) is 9.59 Å². The molecule has 1 aliphatic heterocycles. The van der Waals surface area contributed by atoms with Gasteiger partial charge in [0.25, 0.3) is 11.8 Å². The fourth-order valence-electron chi connectivity index (χ4n) is 2.94. The molecule has 3 heterocycles. The summed E-state index contributed by atoms with van der Waals surface area (Å²) in [6, 6.07) is 7.00. The summed E-state index contributed by atoms with van der Waals surface area (Å²) < 4.78 is 10.1. The highest BCUT2D eigenvalue weighted by Crippen LogP contribution is 2.17. The average molecular weight is 372 g/mol. The van der Waals surface area contributed by atoms with E-state index in [4.69, 9.17) is 9.15 Å². The van der Waals surface area contributed by atoms with Crippen LogP contribution in [0.1, 0.15) is 27.5 Å². The summed E-state index contributed by atoms with van der Waals surface area (Å²) in [4.78, 5) is 32.5. The Balaban J connectivity index is 1.50. The molecule has 2 amide bonds. The molecule has 3 rings (SSSR count). The van der Waals surface area contributed by atoms with Crippen LogP contribution in [0.5, 0.6) is 0 Å². The third kappa shape index (κ3) is 4.85. The molecule has 27 heavy (non-hydrogen) atoms. The fraction of sp³-hybridized carbons (Fsp3) is 0.421. The van der Waals surface area contributed by atoms with E-state index in [1.165, 1.54) is 6.26 Å². The van der Waals surface area contributed by atoms with Crippen molar-refractivity contribution in [3.8, 4) is 0 Å². The summed E-state index contributed by atoms with van der Waals surface area (Å²) in [5, 5.41) is 2.82. The van der Waals surface area contributed by atoms with Crippen LogP contribution in [-0.2, 0) is 4.74 Å². The van der Waals surface area contributed by atoms with Crippen molar-refractivity contribution in [2.75, 3.05) is 51.3 Å². The summed E-state index contributed by atoms with van der Waals surface area (Å²) in [5.41, 5.74) is 1.33. The van der Waals surface area contributed by atoms with Gasteiger partial charge >= 0.3 is 0 Å². The van der Waals surface area contributed by atoms with E-state index in [0.29, 0.717) is 50.8 Å². The van der Waals surface area contributed by atoms with E-state index in [0.717, 1.165) is 12.1 Å². The Bertz CT molecular complexity index is 738. The van der Waals surface area contributed by atoms with Crippen LogP contribution in [0.15, 0.2) is 41.1 Å². The maximum absolute atomic E-state index is 12.3. The number of nitrogens with zero attached hydrogens (tertiary/aromatic N) is 3. The van der Waals surface area contributed by atoms with E-state index in [-0.39, 0.29) is 11.8 Å². The number of aromatic nitrogens is 1. The second-order valence-electron chi connectivity index (χ2n) is 6.26. The summed E-state index contributed by atoms with van der Waals surface area (Å²) >= 11 is 0. The van der Waals surface area contributed by atoms with Gasteiger partial charge in [0.05, 0.1) is 18.1 Å². The number of carbonyl (C=O) groups excluding carboxylic acids is 2. The van der Waals surface area contributed by atoms with Gasteiger partial charge in [0.15, 0.2) is 5.76 Å². The largest absolute Gasteiger partial charge is 0.459 e. The van der Waals surface area contributed by atoms with Crippen LogP contribution in [0.2, 0.25) is 0 Å². The standard InChI is InChI=1S/C19H24N4O4/c1-26-12-3-7-20-18(24)16-6-5-15(14-21-16)22-8-10-23(11-9-22)19(25)17-4-2-13-27-17/h2,4-6,13-14H,3,7-12H2,1H3,(H,20,24). The Kier molecular flexibility index (Phi) is 6.43. The minimum absolute atomic E-state index is 0.0849. The molecule has 8 nitrogen and oxygen atoms in total. The second kappa shape index (κ2) is 9.18. The number of amides is 2. The molecule has 0 aliphatic carbocycles. The van der Waals surface area contributed by atoms with Crippen LogP contribution in [0.25, 0.3) is 0 Å². The van der Waals surface area contributed by atoms with Crippen LogP contribution < -0.4 is 10.2 Å². The Morgan fingerprint density at radius 1 is 1.22 bits per heavy atom. The van der Waals surface area contributed by atoms with E-state index in [9.17, 15) is 9.59 Å². The molecule has 0 aromatic carbocycles. The van der Waals surface area contributed by atoms with E-state index < -0.39 is 0 Å². The number of hydrogen-bond donors (Lipinski definition) is 1. The number of carbonyl (C=O) groups is 2. The number of pyridine rings is 1. The van der Waals surface area contributed by atoms with Crippen molar-refractivity contribution >= 4 is 17.5 Å². The lowest BCUT2D eigenvalue weighted by Gasteiger charge is -2.35. The van der Waals surface area contributed by atoms with Gasteiger partial charge in [-0.1, -0.05) is 0 Å². The fourth-order valence-corrected chi connectivity index (χ4v) is 2.94. The van der Waals surface area contributed by atoms with Gasteiger partial charge in [-0.15, -0.1) is 0 Å². The number of piperazine rings is 1. The molecule has 2 aromatic heterocycles. The Hall–Kier alpha value is -2.87. The quantitative estimate of drug-likeness (QED) is 0.740. The molecule has 2 aromatic rings. The van der Waals surface area contributed by atoms with Gasteiger partial charge in [-0.2, -0.15) is 0 Å². The monoisotopic (exact) mass is 372 g/mol. The molecule has 1 saturated heterocycles. The van der Waals surface area contributed by atoms with Crippen LogP contribution in [-0.4, -0.2) is 68.1 Å². The normalized spacial score (nSPS) is 14.3. The zero-order valence-corrected chi connectivity index (χ0v) is 15.4. The van der Waals surface area contributed by atoms with E-state index in [1.807, 2.05) is 6.07 Å². The SMILES string of the molecule is COCCCNC(=O)c1ccc(N2CCN(C(=O)c3ccco3)CC2)cn1. The minimum atomic E-state index is -0.188. The Morgan fingerprint density at radius 3 is 2.67 bits per heavy atom. The van der Waals surface area contributed by atoms with E-state index >= 15 is 0 Å². The number of ether oxygens (including phenoxy) is 1. The molecule has 0 bridgehead atoms. The molecule has 0 atom stereocenters. The first kappa shape index (κ1) is 18.9. The van der Waals surface area contributed by atoms with Crippen molar-refractivity contribution in [2.45, 2.75) is 6.42 Å². The number of nitrogens with one attached hydrogen (secondary N) is 1. The highest BCUT2D eigenvalue weighted by atomic mass is 16.5. The Labute approximate surface area is 158 Å². The molecular weight excluding hydrogens is 348 g/mol. The number of methoxy groups -OCH3 is 1. The molecule has 0 unspecified atom stereocenters. The first-order valence-corrected chi connectivity index (χ1v) is 9.00. The Morgan fingerprint density at radius 2 is 2.04 bits per heavy atom. The molecule has 0 spiro atoms. The number of anilines is 1. The summed E-state index contributed by atoms with van der Waals surface area (Å²) in [5.74, 6) is 0.0933. The van der Waals surface area contributed by atoms with Crippen LogP contribution in [0.3, 0.4) is 0 Å². The average Bonchev–Trinajstić information content (AvgIpc) is 3.26. The lowest BCUT2D eigenvalue weighted by atomic mass is 10.2. The molecule has 0 radical (unpaired) electrons. The zero-order valence-electron chi connectivity index (χ0n) is 15.4. The van der Waals surface area contributed by atoms with E-state index in [2.05, 4.69) is 15.2 Å². The molecule has 144 valence electrons. The van der Waals surface area contributed by atoms with Crippen LogP contribution >= 0.6 is 0 Å². The molecule has 0 saturated carbocycles. The molecule has 8 heteroatoms. The number of furan rings is 1. The molecule has 1 aliphatic rings. The summed E-state index contributed by atoms with van der Waals surface area (Å²) in [6.45, 7) is 3.80. The number of rotatable bonds is 7. The summed E-state index contributed by atoms with van der Waals surface area (Å²) in [7, 11) is 1.63. The second-order valence-corrected chi connectivity index (χ2v) is 6.26. The van der Waals surface area contributed by atoms with Gasteiger partial charge in [0.2, 0.25) is 0 Å². The van der Waals surface area contributed by atoms with Gasteiger partial charge in [-0.05, 0) is 30.7 Å². The maximum atomic E-state index is 12.3. The molecule has 1 fully saturated rings. The van der Waals surface area contributed by atoms with Gasteiger partial charge < -0.3 is 24.3 Å². The number of hydrogen-bond acceptors (Lipinski definition) is 6.